The highest BCUT2D eigenvalue weighted by atomic mass is 16.8. The van der Waals surface area contributed by atoms with E-state index in [9.17, 15) is 4.79 Å². The quantitative estimate of drug-likeness (QED) is 0.360. The van der Waals surface area contributed by atoms with Crippen LogP contribution in [-0.4, -0.2) is 40.3 Å². The van der Waals surface area contributed by atoms with Gasteiger partial charge in [-0.1, -0.05) is 0 Å². The van der Waals surface area contributed by atoms with Crippen molar-refractivity contribution in [3.05, 3.63) is 0 Å². The normalized spacial score (nSPS) is 9.50. The van der Waals surface area contributed by atoms with Crippen molar-refractivity contribution in [2.45, 2.75) is 6.42 Å². The largest absolute Gasteiger partial charge is 0.510 e. The Morgan fingerprint density at radius 1 is 1.42 bits per heavy atom. The van der Waals surface area contributed by atoms with Gasteiger partial charge < -0.3 is 19.5 Å². The van der Waals surface area contributed by atoms with Gasteiger partial charge in [0.05, 0.1) is 6.61 Å². The zero-order chi connectivity index (χ0) is 9.23. The number of hydrogen-bond donors (Lipinski definition) is 1. The van der Waals surface area contributed by atoms with Crippen molar-refractivity contribution in [2.24, 2.45) is 0 Å². The standard InChI is InChI=1S/C7H15NO4/c1-8-4-3-5-11-7(9)12-6-10-2/h8H,3-6H2,1-2H3. The van der Waals surface area contributed by atoms with E-state index in [1.807, 2.05) is 7.05 Å². The molecule has 0 aliphatic rings. The summed E-state index contributed by atoms with van der Waals surface area (Å²) in [6.07, 6.45) is 0.0893. The van der Waals surface area contributed by atoms with E-state index in [2.05, 4.69) is 19.5 Å². The van der Waals surface area contributed by atoms with Crippen LogP contribution in [0.1, 0.15) is 6.42 Å². The van der Waals surface area contributed by atoms with Gasteiger partial charge in [0.15, 0.2) is 6.79 Å². The second kappa shape index (κ2) is 8.29. The molecule has 0 aliphatic heterocycles. The molecule has 0 heterocycles. The molecule has 0 aromatic carbocycles. The van der Waals surface area contributed by atoms with Gasteiger partial charge in [-0.3, -0.25) is 0 Å². The van der Waals surface area contributed by atoms with Crippen LogP contribution in [0, 0.1) is 0 Å². The van der Waals surface area contributed by atoms with E-state index < -0.39 is 6.16 Å². The third-order valence-corrected chi connectivity index (χ3v) is 1.09. The monoisotopic (exact) mass is 177 g/mol. The van der Waals surface area contributed by atoms with E-state index in [4.69, 9.17) is 0 Å². The molecule has 0 bridgehead atoms. The number of nitrogens with one attached hydrogen (secondary N) is 1. The predicted molar refractivity (Wildman–Crippen MR) is 42.9 cm³/mol. The molecule has 0 amide bonds. The van der Waals surface area contributed by atoms with E-state index in [0.29, 0.717) is 6.61 Å². The second-order valence-electron chi connectivity index (χ2n) is 2.11. The van der Waals surface area contributed by atoms with Crippen molar-refractivity contribution >= 4 is 6.16 Å². The Morgan fingerprint density at radius 2 is 2.17 bits per heavy atom. The summed E-state index contributed by atoms with van der Waals surface area (Å²) in [7, 11) is 3.28. The van der Waals surface area contributed by atoms with Crippen molar-refractivity contribution in [3.8, 4) is 0 Å². The van der Waals surface area contributed by atoms with Gasteiger partial charge in [-0.05, 0) is 20.0 Å². The average Bonchev–Trinajstić information content (AvgIpc) is 2.09. The minimum absolute atomic E-state index is 0.0646. The lowest BCUT2D eigenvalue weighted by Crippen LogP contribution is -2.14. The molecule has 5 heteroatoms. The summed E-state index contributed by atoms with van der Waals surface area (Å²) in [6.45, 7) is 1.12. The lowest BCUT2D eigenvalue weighted by molar-refractivity contribution is -0.0262. The lowest BCUT2D eigenvalue weighted by atomic mass is 10.5. The van der Waals surface area contributed by atoms with E-state index in [0.717, 1.165) is 13.0 Å². The van der Waals surface area contributed by atoms with E-state index in [1.54, 1.807) is 0 Å². The predicted octanol–water partition coefficient (Wildman–Crippen LogP) is 0.353. The third-order valence-electron chi connectivity index (χ3n) is 1.09. The molecular weight excluding hydrogens is 162 g/mol. The summed E-state index contributed by atoms with van der Waals surface area (Å²) in [5.74, 6) is 0. The molecule has 0 aromatic rings. The second-order valence-corrected chi connectivity index (χ2v) is 2.11. The zero-order valence-corrected chi connectivity index (χ0v) is 7.46. The van der Waals surface area contributed by atoms with Crippen LogP contribution in [-0.2, 0) is 14.2 Å². The van der Waals surface area contributed by atoms with Crippen molar-refractivity contribution < 1.29 is 19.0 Å². The number of methoxy groups -OCH3 is 1. The van der Waals surface area contributed by atoms with Crippen LogP contribution in [0.2, 0.25) is 0 Å². The van der Waals surface area contributed by atoms with Crippen LogP contribution in [0.25, 0.3) is 0 Å². The molecule has 0 aromatic heterocycles. The highest BCUT2D eigenvalue weighted by molar-refractivity contribution is 5.59. The van der Waals surface area contributed by atoms with Gasteiger partial charge >= 0.3 is 6.16 Å². The van der Waals surface area contributed by atoms with Crippen molar-refractivity contribution in [3.63, 3.8) is 0 Å². The summed E-state index contributed by atoms with van der Waals surface area (Å²) in [6, 6.07) is 0. The first-order valence-corrected chi connectivity index (χ1v) is 3.74. The Kier molecular flexibility index (Phi) is 7.73. The fourth-order valence-electron chi connectivity index (χ4n) is 0.553. The Balaban J connectivity index is 3.08. The summed E-state index contributed by atoms with van der Waals surface area (Å²) in [5, 5.41) is 2.93. The third kappa shape index (κ3) is 7.30. The zero-order valence-electron chi connectivity index (χ0n) is 7.46. The molecule has 0 fully saturated rings. The van der Waals surface area contributed by atoms with E-state index >= 15 is 0 Å². The SMILES string of the molecule is CNCCCOC(=O)OCOC. The number of ether oxygens (including phenoxy) is 3. The Bertz CT molecular complexity index is 118. The maximum Gasteiger partial charge on any atom is 0.510 e. The smallest absolute Gasteiger partial charge is 0.434 e. The summed E-state index contributed by atoms with van der Waals surface area (Å²) in [4.78, 5) is 10.6. The Morgan fingerprint density at radius 3 is 2.75 bits per heavy atom. The number of hydrogen-bond acceptors (Lipinski definition) is 5. The molecule has 0 radical (unpaired) electrons. The number of rotatable bonds is 6. The topological polar surface area (TPSA) is 56.8 Å². The molecule has 0 unspecified atom stereocenters. The van der Waals surface area contributed by atoms with Crippen molar-refractivity contribution in [1.29, 1.82) is 0 Å². The highest BCUT2D eigenvalue weighted by Gasteiger charge is 2.00. The molecule has 5 nitrogen and oxygen atoms in total. The molecule has 0 rings (SSSR count). The average molecular weight is 177 g/mol. The Labute approximate surface area is 72.0 Å². The molecule has 12 heavy (non-hydrogen) atoms. The first kappa shape index (κ1) is 11.2. The van der Waals surface area contributed by atoms with Crippen LogP contribution in [0.4, 0.5) is 4.79 Å². The van der Waals surface area contributed by atoms with Crippen LogP contribution in [0.15, 0.2) is 0 Å². The van der Waals surface area contributed by atoms with E-state index in [-0.39, 0.29) is 6.79 Å². The van der Waals surface area contributed by atoms with Crippen LogP contribution in [0.3, 0.4) is 0 Å². The first-order chi connectivity index (χ1) is 5.81. The van der Waals surface area contributed by atoms with Gasteiger partial charge in [0, 0.05) is 7.11 Å². The van der Waals surface area contributed by atoms with Gasteiger partial charge in [0.2, 0.25) is 0 Å². The highest BCUT2D eigenvalue weighted by Crippen LogP contribution is 1.87. The summed E-state index contributed by atoms with van der Waals surface area (Å²) in [5.41, 5.74) is 0. The molecule has 72 valence electrons. The van der Waals surface area contributed by atoms with Crippen LogP contribution >= 0.6 is 0 Å². The van der Waals surface area contributed by atoms with Gasteiger partial charge in [-0.15, -0.1) is 0 Å². The molecule has 0 aliphatic carbocycles. The summed E-state index contributed by atoms with van der Waals surface area (Å²) < 4.78 is 13.6. The van der Waals surface area contributed by atoms with Gasteiger partial charge in [0.1, 0.15) is 0 Å². The minimum atomic E-state index is -0.687. The first-order valence-electron chi connectivity index (χ1n) is 3.74. The molecular formula is C7H15NO4. The number of carbonyl (C=O) groups is 1. The molecule has 0 saturated heterocycles. The van der Waals surface area contributed by atoms with Crippen LogP contribution < -0.4 is 5.32 Å². The van der Waals surface area contributed by atoms with Crippen molar-refractivity contribution in [1.82, 2.24) is 5.32 Å². The molecule has 1 N–H and O–H groups in total. The van der Waals surface area contributed by atoms with Crippen LogP contribution in [0.5, 0.6) is 0 Å². The van der Waals surface area contributed by atoms with Gasteiger partial charge in [-0.25, -0.2) is 4.79 Å². The number of carbonyl (C=O) groups excluding carboxylic acids is 1. The Hall–Kier alpha value is -0.810. The fraction of sp³-hybridized carbons (Fsp3) is 0.857. The lowest BCUT2D eigenvalue weighted by Gasteiger charge is -2.04. The van der Waals surface area contributed by atoms with Crippen molar-refractivity contribution in [2.75, 3.05) is 34.1 Å². The minimum Gasteiger partial charge on any atom is -0.434 e. The fourth-order valence-corrected chi connectivity index (χ4v) is 0.553. The summed E-state index contributed by atoms with van der Waals surface area (Å²) >= 11 is 0. The van der Waals surface area contributed by atoms with Gasteiger partial charge in [0.25, 0.3) is 0 Å². The molecule has 0 spiro atoms. The maximum absolute atomic E-state index is 10.6. The maximum atomic E-state index is 10.6. The molecule has 0 atom stereocenters. The van der Waals surface area contributed by atoms with Gasteiger partial charge in [-0.2, -0.15) is 0 Å². The van der Waals surface area contributed by atoms with E-state index in [1.165, 1.54) is 7.11 Å². The molecule has 0 saturated carbocycles.